The van der Waals surface area contributed by atoms with Gasteiger partial charge in [0.1, 0.15) is 17.4 Å². The van der Waals surface area contributed by atoms with E-state index in [9.17, 15) is 4.79 Å². The third-order valence-electron chi connectivity index (χ3n) is 4.44. The predicted octanol–water partition coefficient (Wildman–Crippen LogP) is 4.98. The third kappa shape index (κ3) is 5.87. The SMILES string of the molecule is Cn1c(COc2ccccc2Cl)nnc1SCc1csc(CC(=O)Nc2ccccc2)n1. The van der Waals surface area contributed by atoms with Crippen molar-refractivity contribution in [2.75, 3.05) is 5.32 Å². The third-order valence-corrected chi connectivity index (χ3v) is 6.70. The summed E-state index contributed by atoms with van der Waals surface area (Å²) >= 11 is 9.14. The molecule has 0 aliphatic rings. The van der Waals surface area contributed by atoms with E-state index in [-0.39, 0.29) is 18.9 Å². The van der Waals surface area contributed by atoms with E-state index in [0.29, 0.717) is 22.3 Å². The molecule has 0 atom stereocenters. The highest BCUT2D eigenvalue weighted by Crippen LogP contribution is 2.25. The minimum Gasteiger partial charge on any atom is -0.484 e. The molecule has 4 rings (SSSR count). The molecule has 7 nitrogen and oxygen atoms in total. The number of halogens is 1. The van der Waals surface area contributed by atoms with E-state index in [1.807, 2.05) is 65.5 Å². The van der Waals surface area contributed by atoms with Gasteiger partial charge in [0.05, 0.1) is 17.1 Å². The Bertz CT molecular complexity index is 1200. The summed E-state index contributed by atoms with van der Waals surface area (Å²) in [5.41, 5.74) is 1.68. The molecule has 10 heteroatoms. The van der Waals surface area contributed by atoms with Crippen LogP contribution in [-0.2, 0) is 30.6 Å². The minimum atomic E-state index is -0.0822. The molecule has 2 aromatic carbocycles. The van der Waals surface area contributed by atoms with Crippen LogP contribution in [0, 0.1) is 0 Å². The van der Waals surface area contributed by atoms with Gasteiger partial charge in [-0.3, -0.25) is 4.79 Å². The van der Waals surface area contributed by atoms with Gasteiger partial charge < -0.3 is 14.6 Å². The Morgan fingerprint density at radius 1 is 1.16 bits per heavy atom. The fourth-order valence-electron chi connectivity index (χ4n) is 2.80. The zero-order valence-electron chi connectivity index (χ0n) is 17.2. The minimum absolute atomic E-state index is 0.0822. The molecule has 0 bridgehead atoms. The van der Waals surface area contributed by atoms with Crippen LogP contribution in [0.15, 0.2) is 65.1 Å². The summed E-state index contributed by atoms with van der Waals surface area (Å²) in [5.74, 6) is 1.86. The van der Waals surface area contributed by atoms with Gasteiger partial charge in [0, 0.05) is 23.9 Å². The second-order valence-electron chi connectivity index (χ2n) is 6.79. The second-order valence-corrected chi connectivity index (χ2v) is 9.08. The van der Waals surface area contributed by atoms with Crippen molar-refractivity contribution in [1.82, 2.24) is 19.7 Å². The number of carbonyl (C=O) groups excluding carboxylic acids is 1. The van der Waals surface area contributed by atoms with Gasteiger partial charge >= 0.3 is 0 Å². The Balaban J connectivity index is 1.28. The number of thiazole rings is 1. The van der Waals surface area contributed by atoms with Gasteiger partial charge in [-0.2, -0.15) is 0 Å². The average molecular weight is 486 g/mol. The molecular formula is C22H20ClN5O2S2. The zero-order chi connectivity index (χ0) is 22.3. The first-order valence-electron chi connectivity index (χ1n) is 9.75. The molecule has 1 N–H and O–H groups in total. The topological polar surface area (TPSA) is 81.9 Å². The largest absolute Gasteiger partial charge is 0.484 e. The van der Waals surface area contributed by atoms with Crippen molar-refractivity contribution in [3.05, 3.63) is 81.5 Å². The summed E-state index contributed by atoms with van der Waals surface area (Å²) in [4.78, 5) is 16.8. The van der Waals surface area contributed by atoms with E-state index in [0.717, 1.165) is 21.5 Å². The molecule has 0 saturated heterocycles. The molecule has 0 saturated carbocycles. The zero-order valence-corrected chi connectivity index (χ0v) is 19.6. The van der Waals surface area contributed by atoms with Crippen molar-refractivity contribution < 1.29 is 9.53 Å². The maximum atomic E-state index is 12.2. The molecule has 32 heavy (non-hydrogen) atoms. The standard InChI is InChI=1S/C22H20ClN5O2S2/c1-28-19(12-30-18-10-6-5-9-17(18)23)26-27-22(28)32-14-16-13-31-21(25-16)11-20(29)24-15-7-3-2-4-8-15/h2-10,13H,11-12,14H2,1H3,(H,24,29). The van der Waals surface area contributed by atoms with Gasteiger partial charge in [0.2, 0.25) is 5.91 Å². The maximum Gasteiger partial charge on any atom is 0.231 e. The summed E-state index contributed by atoms with van der Waals surface area (Å²) < 4.78 is 7.64. The highest BCUT2D eigenvalue weighted by atomic mass is 35.5. The number of thioether (sulfide) groups is 1. The Morgan fingerprint density at radius 3 is 2.75 bits per heavy atom. The van der Waals surface area contributed by atoms with E-state index in [4.69, 9.17) is 16.3 Å². The lowest BCUT2D eigenvalue weighted by Crippen LogP contribution is -2.14. The van der Waals surface area contributed by atoms with Gasteiger partial charge in [0.25, 0.3) is 0 Å². The van der Waals surface area contributed by atoms with Crippen molar-refractivity contribution >= 4 is 46.3 Å². The van der Waals surface area contributed by atoms with Crippen LogP contribution in [0.1, 0.15) is 16.5 Å². The number of carbonyl (C=O) groups is 1. The first-order valence-corrected chi connectivity index (χ1v) is 12.0. The van der Waals surface area contributed by atoms with E-state index in [1.165, 1.54) is 23.1 Å². The van der Waals surface area contributed by atoms with Crippen molar-refractivity contribution in [2.45, 2.75) is 23.9 Å². The number of nitrogens with one attached hydrogen (secondary N) is 1. The smallest absolute Gasteiger partial charge is 0.231 e. The molecular weight excluding hydrogens is 466 g/mol. The molecule has 164 valence electrons. The number of nitrogens with zero attached hydrogens (tertiary/aromatic N) is 4. The van der Waals surface area contributed by atoms with E-state index < -0.39 is 0 Å². The summed E-state index contributed by atoms with van der Waals surface area (Å²) in [6.07, 6.45) is 0.248. The highest BCUT2D eigenvalue weighted by Gasteiger charge is 2.13. The van der Waals surface area contributed by atoms with Crippen molar-refractivity contribution in [3.8, 4) is 5.75 Å². The lowest BCUT2D eigenvalue weighted by molar-refractivity contribution is -0.115. The molecule has 0 radical (unpaired) electrons. The summed E-state index contributed by atoms with van der Waals surface area (Å²) in [5, 5.41) is 15.4. The van der Waals surface area contributed by atoms with Crippen LogP contribution in [0.2, 0.25) is 5.02 Å². The monoisotopic (exact) mass is 485 g/mol. The van der Waals surface area contributed by atoms with Crippen LogP contribution in [0.25, 0.3) is 0 Å². The lowest BCUT2D eigenvalue weighted by Gasteiger charge is -2.07. The number of amides is 1. The van der Waals surface area contributed by atoms with Gasteiger partial charge in [0.15, 0.2) is 11.0 Å². The normalized spacial score (nSPS) is 10.8. The number of ether oxygens (including phenoxy) is 1. The maximum absolute atomic E-state index is 12.2. The Kier molecular flexibility index (Phi) is 7.41. The van der Waals surface area contributed by atoms with Gasteiger partial charge in [-0.1, -0.05) is 53.7 Å². The predicted molar refractivity (Wildman–Crippen MR) is 127 cm³/mol. The molecule has 0 aliphatic carbocycles. The molecule has 0 unspecified atom stereocenters. The summed E-state index contributed by atoms with van der Waals surface area (Å²) in [6, 6.07) is 16.7. The van der Waals surface area contributed by atoms with Crippen molar-refractivity contribution in [2.24, 2.45) is 7.05 Å². The number of hydrogen-bond acceptors (Lipinski definition) is 7. The molecule has 2 aromatic heterocycles. The van der Waals surface area contributed by atoms with Gasteiger partial charge in [-0.15, -0.1) is 21.5 Å². The molecule has 2 heterocycles. The lowest BCUT2D eigenvalue weighted by atomic mass is 10.3. The van der Waals surface area contributed by atoms with E-state index in [1.54, 1.807) is 6.07 Å². The number of hydrogen-bond donors (Lipinski definition) is 1. The second kappa shape index (κ2) is 10.6. The first kappa shape index (κ1) is 22.3. The number of rotatable bonds is 9. The highest BCUT2D eigenvalue weighted by molar-refractivity contribution is 7.98. The fourth-order valence-corrected chi connectivity index (χ4v) is 4.71. The van der Waals surface area contributed by atoms with Crippen LogP contribution in [0.5, 0.6) is 5.75 Å². The van der Waals surface area contributed by atoms with Gasteiger partial charge in [-0.25, -0.2) is 4.98 Å². The fraction of sp³-hybridized carbons (Fsp3) is 0.182. The van der Waals surface area contributed by atoms with Crippen LogP contribution in [-0.4, -0.2) is 25.7 Å². The Labute approximate surface area is 198 Å². The molecule has 0 fully saturated rings. The van der Waals surface area contributed by atoms with Crippen molar-refractivity contribution in [3.63, 3.8) is 0 Å². The van der Waals surface area contributed by atoms with Gasteiger partial charge in [-0.05, 0) is 24.3 Å². The molecule has 1 amide bonds. The first-order chi connectivity index (χ1) is 15.6. The van der Waals surface area contributed by atoms with E-state index in [2.05, 4.69) is 20.5 Å². The average Bonchev–Trinajstić information content (AvgIpc) is 3.38. The van der Waals surface area contributed by atoms with Crippen LogP contribution in [0.3, 0.4) is 0 Å². The van der Waals surface area contributed by atoms with Crippen molar-refractivity contribution in [1.29, 1.82) is 0 Å². The number of para-hydroxylation sites is 2. The van der Waals surface area contributed by atoms with Crippen LogP contribution < -0.4 is 10.1 Å². The number of aromatic nitrogens is 4. The number of anilines is 1. The Morgan fingerprint density at radius 2 is 1.94 bits per heavy atom. The summed E-state index contributed by atoms with van der Waals surface area (Å²) in [7, 11) is 1.90. The van der Waals surface area contributed by atoms with Crippen LogP contribution >= 0.6 is 34.7 Å². The molecule has 4 aromatic rings. The quantitative estimate of drug-likeness (QED) is 0.337. The van der Waals surface area contributed by atoms with E-state index >= 15 is 0 Å². The Hall–Kier alpha value is -2.88. The summed E-state index contributed by atoms with van der Waals surface area (Å²) in [6.45, 7) is 0.269. The number of benzene rings is 2. The molecule has 0 aliphatic heterocycles. The molecule has 0 spiro atoms. The van der Waals surface area contributed by atoms with Crippen LogP contribution in [0.4, 0.5) is 5.69 Å².